The Bertz CT molecular complexity index is 956. The Labute approximate surface area is 266 Å². The summed E-state index contributed by atoms with van der Waals surface area (Å²) in [5, 5.41) is 7.35. The van der Waals surface area contributed by atoms with Gasteiger partial charge < -0.3 is 27.1 Å². The number of likely N-dealkylation sites (tertiary alicyclic amines) is 1. The largest absolute Gasteiger partial charge is 1.00 e. The van der Waals surface area contributed by atoms with Crippen molar-refractivity contribution in [2.75, 3.05) is 34.4 Å². The number of rotatable bonds is 7. The van der Waals surface area contributed by atoms with Gasteiger partial charge >= 0.3 is 29.6 Å². The molecular formula is C33H53N4NaO2. The van der Waals surface area contributed by atoms with Gasteiger partial charge in [-0.1, -0.05) is 49.4 Å². The van der Waals surface area contributed by atoms with Crippen LogP contribution in [0.25, 0.3) is 0 Å². The number of hydrogen-bond donors (Lipinski definition) is 2. The monoisotopic (exact) mass is 560 g/mol. The van der Waals surface area contributed by atoms with Crippen molar-refractivity contribution in [1.82, 2.24) is 10.2 Å². The van der Waals surface area contributed by atoms with Gasteiger partial charge in [0.2, 0.25) is 0 Å². The van der Waals surface area contributed by atoms with Gasteiger partial charge in [-0.25, -0.2) is 0 Å². The Kier molecular flexibility index (Phi) is 18.5. The van der Waals surface area contributed by atoms with Crippen LogP contribution in [0, 0.1) is 12.3 Å². The molecule has 0 aromatic heterocycles. The molecular weight excluding hydrogens is 507 g/mol. The molecule has 6 nitrogen and oxygen atoms in total. The SMILES string of the molecule is CNC1CCC(C)CC1.COc1cccc(C(/C(C)=N/N)N2CCC(c3ccccc3)CC2)c1OC.C[CH-]C.[Na+]. The molecule has 2 aromatic rings. The fourth-order valence-electron chi connectivity index (χ4n) is 5.65. The average molecular weight is 561 g/mol. The van der Waals surface area contributed by atoms with Gasteiger partial charge in [0.05, 0.1) is 26.0 Å². The zero-order chi connectivity index (χ0) is 28.6. The number of para-hydroxylation sites is 1. The molecule has 2 fully saturated rings. The summed E-state index contributed by atoms with van der Waals surface area (Å²) >= 11 is 0. The normalized spacial score (nSPS) is 20.5. The second kappa shape index (κ2) is 20.3. The first kappa shape index (κ1) is 36.5. The van der Waals surface area contributed by atoms with Gasteiger partial charge in [-0.3, -0.25) is 4.90 Å². The molecule has 7 heteroatoms. The molecule has 0 spiro atoms. The van der Waals surface area contributed by atoms with E-state index in [0.717, 1.165) is 60.7 Å². The molecule has 3 N–H and O–H groups in total. The van der Waals surface area contributed by atoms with E-state index in [1.54, 1.807) is 14.2 Å². The molecule has 1 heterocycles. The first-order chi connectivity index (χ1) is 18.9. The van der Waals surface area contributed by atoms with Gasteiger partial charge in [-0.15, -0.1) is 0 Å². The third-order valence-corrected chi connectivity index (χ3v) is 7.92. The zero-order valence-corrected chi connectivity index (χ0v) is 28.5. The van der Waals surface area contributed by atoms with Gasteiger partial charge in [0.25, 0.3) is 0 Å². The van der Waals surface area contributed by atoms with Crippen LogP contribution in [0.5, 0.6) is 11.5 Å². The number of nitrogens with one attached hydrogen (secondary N) is 1. The molecule has 1 saturated carbocycles. The standard InChI is InChI=1S/C22H29N3O2.C8H17N.C3H7.Na/c1-16(24-23)21(19-10-7-11-20(26-2)22(19)27-3)25-14-12-18(13-15-25)17-8-5-4-6-9-17;1-7-3-5-8(9-2)6-4-7;1-3-2;/h4-11,18,21H,12-15,23H2,1-3H3;7-9H,3-6H2,1-2H3;3H,1-2H3;/q;;-1;+1/b24-16+;;;. The molecule has 40 heavy (non-hydrogen) atoms. The van der Waals surface area contributed by atoms with Gasteiger partial charge in [-0.2, -0.15) is 18.9 Å². The van der Waals surface area contributed by atoms with E-state index < -0.39 is 0 Å². The first-order valence-corrected chi connectivity index (χ1v) is 14.6. The van der Waals surface area contributed by atoms with E-state index in [1.807, 2.05) is 39.3 Å². The second-order valence-corrected chi connectivity index (χ2v) is 10.8. The quantitative estimate of drug-likeness (QED) is 0.176. The smallest absolute Gasteiger partial charge is 0.493 e. The van der Waals surface area contributed by atoms with E-state index in [4.69, 9.17) is 15.3 Å². The summed E-state index contributed by atoms with van der Waals surface area (Å²) in [5.41, 5.74) is 3.35. The summed E-state index contributed by atoms with van der Waals surface area (Å²) in [4.78, 5) is 2.45. The van der Waals surface area contributed by atoms with Crippen LogP contribution in [0.2, 0.25) is 0 Å². The number of benzene rings is 2. The molecule has 1 atom stereocenters. The molecule has 0 amide bonds. The minimum Gasteiger partial charge on any atom is -0.493 e. The Hall–Kier alpha value is -1.57. The third kappa shape index (κ3) is 11.0. The van der Waals surface area contributed by atoms with Crippen molar-refractivity contribution in [3.63, 3.8) is 0 Å². The number of hydrazone groups is 1. The Morgan fingerprint density at radius 1 is 0.950 bits per heavy atom. The van der Waals surface area contributed by atoms with Crippen LogP contribution in [0.15, 0.2) is 53.6 Å². The van der Waals surface area contributed by atoms with Crippen molar-refractivity contribution in [3.8, 4) is 11.5 Å². The zero-order valence-electron chi connectivity index (χ0n) is 26.5. The van der Waals surface area contributed by atoms with Crippen molar-refractivity contribution in [2.24, 2.45) is 16.9 Å². The maximum absolute atomic E-state index is 5.69. The average Bonchev–Trinajstić information content (AvgIpc) is 2.99. The number of nitrogens with zero attached hydrogens (tertiary/aromatic N) is 2. The number of ether oxygens (including phenoxy) is 2. The van der Waals surface area contributed by atoms with Crippen LogP contribution in [0.4, 0.5) is 0 Å². The van der Waals surface area contributed by atoms with Crippen molar-refractivity contribution < 1.29 is 39.0 Å². The predicted molar refractivity (Wildman–Crippen MR) is 166 cm³/mol. The first-order valence-electron chi connectivity index (χ1n) is 14.6. The molecule has 2 aliphatic rings. The van der Waals surface area contributed by atoms with E-state index in [-0.39, 0.29) is 35.6 Å². The van der Waals surface area contributed by atoms with Crippen LogP contribution >= 0.6 is 0 Å². The molecule has 0 bridgehead atoms. The Morgan fingerprint density at radius 2 is 1.55 bits per heavy atom. The minimum atomic E-state index is -0.0169. The maximum Gasteiger partial charge on any atom is 1.00 e. The summed E-state index contributed by atoms with van der Waals surface area (Å²) in [6.07, 6.45) is 9.85. The van der Waals surface area contributed by atoms with Crippen LogP contribution in [0.1, 0.15) is 89.3 Å². The van der Waals surface area contributed by atoms with Crippen molar-refractivity contribution in [3.05, 3.63) is 66.1 Å². The van der Waals surface area contributed by atoms with E-state index >= 15 is 0 Å². The molecule has 218 valence electrons. The predicted octanol–water partition coefficient (Wildman–Crippen LogP) is 3.98. The molecule has 4 rings (SSSR count). The van der Waals surface area contributed by atoms with E-state index in [1.165, 1.54) is 31.2 Å². The molecule has 1 unspecified atom stereocenters. The van der Waals surface area contributed by atoms with Gasteiger partial charge in [0.15, 0.2) is 11.5 Å². The minimum absolute atomic E-state index is 0. The summed E-state index contributed by atoms with van der Waals surface area (Å²) in [6, 6.07) is 17.6. The number of nitrogens with two attached hydrogens (primary N) is 1. The van der Waals surface area contributed by atoms with E-state index in [0.29, 0.717) is 5.92 Å². The van der Waals surface area contributed by atoms with E-state index in [2.05, 4.69) is 65.7 Å². The Balaban J connectivity index is 0.000000515. The summed E-state index contributed by atoms with van der Waals surface area (Å²) in [5.74, 6) is 8.74. The van der Waals surface area contributed by atoms with Crippen LogP contribution in [-0.2, 0) is 0 Å². The summed E-state index contributed by atoms with van der Waals surface area (Å²) < 4.78 is 11.2. The van der Waals surface area contributed by atoms with Gasteiger partial charge in [-0.05, 0) is 89.1 Å². The molecule has 1 saturated heterocycles. The maximum atomic E-state index is 5.69. The number of methoxy groups -OCH3 is 2. The molecule has 2 aromatic carbocycles. The Morgan fingerprint density at radius 3 is 2.05 bits per heavy atom. The number of piperidine rings is 1. The third-order valence-electron chi connectivity index (χ3n) is 7.92. The number of hydrogen-bond acceptors (Lipinski definition) is 6. The van der Waals surface area contributed by atoms with Gasteiger partial charge in [0, 0.05) is 11.6 Å². The topological polar surface area (TPSA) is 72.1 Å². The molecule has 1 aliphatic carbocycles. The van der Waals surface area contributed by atoms with E-state index in [9.17, 15) is 0 Å². The van der Waals surface area contributed by atoms with Gasteiger partial charge in [0.1, 0.15) is 0 Å². The molecule has 1 aliphatic heterocycles. The molecule has 0 radical (unpaired) electrons. The second-order valence-electron chi connectivity index (χ2n) is 10.8. The van der Waals surface area contributed by atoms with Crippen LogP contribution < -0.4 is 50.2 Å². The van der Waals surface area contributed by atoms with Crippen LogP contribution in [-0.4, -0.2) is 51.0 Å². The van der Waals surface area contributed by atoms with Crippen molar-refractivity contribution >= 4 is 5.71 Å². The summed E-state index contributed by atoms with van der Waals surface area (Å²) in [6.45, 7) is 10.3. The fourth-order valence-corrected chi connectivity index (χ4v) is 5.65. The fraction of sp³-hybridized carbons (Fsp3) is 0.576. The van der Waals surface area contributed by atoms with Crippen LogP contribution in [0.3, 0.4) is 0 Å². The van der Waals surface area contributed by atoms with Crippen molar-refractivity contribution in [1.29, 1.82) is 0 Å². The van der Waals surface area contributed by atoms with Crippen molar-refractivity contribution in [2.45, 2.75) is 84.2 Å². The summed E-state index contributed by atoms with van der Waals surface area (Å²) in [7, 11) is 5.40.